The van der Waals surface area contributed by atoms with Crippen LogP contribution in [0.2, 0.25) is 0 Å². The zero-order valence-corrected chi connectivity index (χ0v) is 12.0. The molecule has 1 rings (SSSR count). The van der Waals surface area contributed by atoms with Gasteiger partial charge in [0.1, 0.15) is 5.69 Å². The van der Waals surface area contributed by atoms with Gasteiger partial charge in [-0.05, 0) is 19.0 Å². The number of pyridine rings is 1. The van der Waals surface area contributed by atoms with Gasteiger partial charge in [0.25, 0.3) is 0 Å². The predicted octanol–water partition coefficient (Wildman–Crippen LogP) is 1.09. The van der Waals surface area contributed by atoms with Gasteiger partial charge in [-0.2, -0.15) is 0 Å². The van der Waals surface area contributed by atoms with Gasteiger partial charge >= 0.3 is 0 Å². The van der Waals surface area contributed by atoms with E-state index in [0.29, 0.717) is 11.6 Å². The quantitative estimate of drug-likeness (QED) is 0.723. The van der Waals surface area contributed by atoms with Crippen molar-refractivity contribution in [3.8, 4) is 5.88 Å². The maximum Gasteiger partial charge on any atom is 0.239 e. The van der Waals surface area contributed by atoms with Crippen LogP contribution in [-0.2, 0) is 4.79 Å². The van der Waals surface area contributed by atoms with E-state index in [9.17, 15) is 4.79 Å². The first kappa shape index (κ1) is 15.2. The van der Waals surface area contributed by atoms with Crippen LogP contribution < -0.4 is 20.3 Å². The monoisotopic (exact) mass is 266 g/mol. The first-order chi connectivity index (χ1) is 9.10. The first-order valence-electron chi connectivity index (χ1n) is 6.31. The maximum atomic E-state index is 11.9. The Labute approximate surface area is 114 Å². The fraction of sp³-hybridized carbons (Fsp3) is 0.538. The van der Waals surface area contributed by atoms with Gasteiger partial charge in [0.05, 0.1) is 19.3 Å². The third-order valence-electron chi connectivity index (χ3n) is 2.55. The zero-order chi connectivity index (χ0) is 14.3. The normalized spacial score (nSPS) is 10.1. The number of carbonyl (C=O) groups is 1. The van der Waals surface area contributed by atoms with E-state index in [0.717, 1.165) is 18.7 Å². The number of nitrogens with zero attached hydrogens (tertiary/aromatic N) is 2. The molecule has 1 heterocycles. The number of hydrogen-bond acceptors (Lipinski definition) is 5. The molecular weight excluding hydrogens is 244 g/mol. The second-order valence-electron chi connectivity index (χ2n) is 4.33. The zero-order valence-electron chi connectivity index (χ0n) is 12.0. The van der Waals surface area contributed by atoms with Gasteiger partial charge in [-0.3, -0.25) is 4.79 Å². The van der Waals surface area contributed by atoms with E-state index in [-0.39, 0.29) is 12.5 Å². The molecule has 106 valence electrons. The average Bonchev–Trinajstić information content (AvgIpc) is 2.39. The molecule has 19 heavy (non-hydrogen) atoms. The van der Waals surface area contributed by atoms with Gasteiger partial charge in [-0.1, -0.05) is 6.92 Å². The Bertz CT molecular complexity index is 421. The Morgan fingerprint density at radius 3 is 2.79 bits per heavy atom. The molecular formula is C13H22N4O2. The second-order valence-corrected chi connectivity index (χ2v) is 4.33. The summed E-state index contributed by atoms with van der Waals surface area (Å²) in [4.78, 5) is 17.9. The molecule has 1 amide bonds. The van der Waals surface area contributed by atoms with Crippen LogP contribution in [0.25, 0.3) is 0 Å². The molecule has 0 aromatic carbocycles. The van der Waals surface area contributed by atoms with Crippen LogP contribution >= 0.6 is 0 Å². The van der Waals surface area contributed by atoms with Crippen LogP contribution in [0.4, 0.5) is 11.4 Å². The van der Waals surface area contributed by atoms with Crippen LogP contribution in [0, 0.1) is 0 Å². The van der Waals surface area contributed by atoms with Crippen LogP contribution in [0.5, 0.6) is 5.88 Å². The summed E-state index contributed by atoms with van der Waals surface area (Å²) in [6.45, 7) is 3.15. The van der Waals surface area contributed by atoms with Gasteiger partial charge in [0.15, 0.2) is 0 Å². The van der Waals surface area contributed by atoms with E-state index in [4.69, 9.17) is 4.74 Å². The van der Waals surface area contributed by atoms with Crippen LogP contribution in [0.3, 0.4) is 0 Å². The van der Waals surface area contributed by atoms with Crippen molar-refractivity contribution in [2.24, 2.45) is 0 Å². The van der Waals surface area contributed by atoms with Gasteiger partial charge < -0.3 is 20.3 Å². The smallest absolute Gasteiger partial charge is 0.239 e. The fourth-order valence-electron chi connectivity index (χ4n) is 1.64. The molecule has 1 aromatic rings. The van der Waals surface area contributed by atoms with Crippen molar-refractivity contribution in [3.05, 3.63) is 12.3 Å². The van der Waals surface area contributed by atoms with Crippen molar-refractivity contribution < 1.29 is 9.53 Å². The number of aromatic nitrogens is 1. The van der Waals surface area contributed by atoms with Crippen molar-refractivity contribution in [1.82, 2.24) is 10.3 Å². The van der Waals surface area contributed by atoms with Crippen LogP contribution in [0.15, 0.2) is 12.3 Å². The summed E-state index contributed by atoms with van der Waals surface area (Å²) < 4.78 is 5.19. The van der Waals surface area contributed by atoms with Crippen molar-refractivity contribution >= 4 is 17.3 Å². The SMILES string of the molecule is CCCNCC(=O)Nc1c(N(C)C)ccnc1OC. The standard InChI is InChI=1S/C13H22N4O2/c1-5-7-14-9-11(18)16-12-10(17(2)3)6-8-15-13(12)19-4/h6,8,14H,5,7,9H2,1-4H3,(H,16,18). The highest BCUT2D eigenvalue weighted by Gasteiger charge is 2.14. The highest BCUT2D eigenvalue weighted by molar-refractivity contribution is 5.97. The van der Waals surface area contributed by atoms with Crippen molar-refractivity contribution in [2.45, 2.75) is 13.3 Å². The number of methoxy groups -OCH3 is 1. The molecule has 0 aliphatic heterocycles. The molecule has 6 heteroatoms. The third-order valence-corrected chi connectivity index (χ3v) is 2.55. The summed E-state index contributed by atoms with van der Waals surface area (Å²) in [5.74, 6) is 0.304. The van der Waals surface area contributed by atoms with Crippen molar-refractivity contribution in [2.75, 3.05) is 44.5 Å². The van der Waals surface area contributed by atoms with Crippen LogP contribution in [-0.4, -0.2) is 45.2 Å². The molecule has 0 radical (unpaired) electrons. The lowest BCUT2D eigenvalue weighted by atomic mass is 10.3. The number of amides is 1. The van der Waals surface area contributed by atoms with Gasteiger partial charge in [0, 0.05) is 20.3 Å². The van der Waals surface area contributed by atoms with Gasteiger partial charge in [-0.15, -0.1) is 0 Å². The molecule has 0 unspecified atom stereocenters. The molecule has 0 atom stereocenters. The number of ether oxygens (including phenoxy) is 1. The van der Waals surface area contributed by atoms with E-state index in [2.05, 4.69) is 22.5 Å². The second kappa shape index (κ2) is 7.58. The Hall–Kier alpha value is -1.82. The maximum absolute atomic E-state index is 11.9. The van der Waals surface area contributed by atoms with Crippen molar-refractivity contribution in [3.63, 3.8) is 0 Å². The summed E-state index contributed by atoms with van der Waals surface area (Å²) in [7, 11) is 5.34. The minimum Gasteiger partial charge on any atom is -0.479 e. The lowest BCUT2D eigenvalue weighted by molar-refractivity contribution is -0.115. The molecule has 0 aliphatic rings. The predicted molar refractivity (Wildman–Crippen MR) is 76.9 cm³/mol. The van der Waals surface area contributed by atoms with E-state index in [1.54, 1.807) is 6.20 Å². The molecule has 0 fully saturated rings. The lowest BCUT2D eigenvalue weighted by Crippen LogP contribution is -2.29. The molecule has 0 bridgehead atoms. The first-order valence-corrected chi connectivity index (χ1v) is 6.31. The summed E-state index contributed by atoms with van der Waals surface area (Å²) in [6.07, 6.45) is 2.64. The minimum atomic E-state index is -0.108. The summed E-state index contributed by atoms with van der Waals surface area (Å²) in [5.41, 5.74) is 1.45. The summed E-state index contributed by atoms with van der Waals surface area (Å²) in [6, 6.07) is 1.83. The van der Waals surface area contributed by atoms with Gasteiger partial charge in [-0.25, -0.2) is 4.98 Å². The lowest BCUT2D eigenvalue weighted by Gasteiger charge is -2.19. The number of hydrogen-bond donors (Lipinski definition) is 2. The topological polar surface area (TPSA) is 66.5 Å². The van der Waals surface area contributed by atoms with E-state index in [1.807, 2.05) is 25.1 Å². The number of anilines is 2. The molecule has 0 aliphatic carbocycles. The highest BCUT2D eigenvalue weighted by Crippen LogP contribution is 2.31. The Morgan fingerprint density at radius 1 is 1.47 bits per heavy atom. The Morgan fingerprint density at radius 2 is 2.21 bits per heavy atom. The minimum absolute atomic E-state index is 0.108. The largest absolute Gasteiger partial charge is 0.479 e. The fourth-order valence-corrected chi connectivity index (χ4v) is 1.64. The summed E-state index contributed by atoms with van der Waals surface area (Å²) >= 11 is 0. The molecule has 6 nitrogen and oxygen atoms in total. The molecule has 0 saturated carbocycles. The number of nitrogens with one attached hydrogen (secondary N) is 2. The van der Waals surface area contributed by atoms with E-state index in [1.165, 1.54) is 7.11 Å². The number of rotatable bonds is 7. The van der Waals surface area contributed by atoms with E-state index < -0.39 is 0 Å². The van der Waals surface area contributed by atoms with Gasteiger partial charge in [0.2, 0.25) is 11.8 Å². The number of carbonyl (C=O) groups excluding carboxylic acids is 1. The Kier molecular flexibility index (Phi) is 6.08. The van der Waals surface area contributed by atoms with Crippen molar-refractivity contribution in [1.29, 1.82) is 0 Å². The highest BCUT2D eigenvalue weighted by atomic mass is 16.5. The molecule has 2 N–H and O–H groups in total. The molecule has 0 saturated heterocycles. The average molecular weight is 266 g/mol. The third kappa shape index (κ3) is 4.40. The Balaban J connectivity index is 2.83. The molecule has 0 spiro atoms. The molecule has 1 aromatic heterocycles. The van der Waals surface area contributed by atoms with Crippen LogP contribution in [0.1, 0.15) is 13.3 Å². The summed E-state index contributed by atoms with van der Waals surface area (Å²) in [5, 5.41) is 5.89. The van der Waals surface area contributed by atoms with E-state index >= 15 is 0 Å².